The molecule has 0 saturated heterocycles. The number of nitrogens with zero attached hydrogens (tertiary/aromatic N) is 2. The molecule has 0 fully saturated rings. The molecule has 0 bridgehead atoms. The Balaban J connectivity index is 2.26. The van der Waals surface area contributed by atoms with Gasteiger partial charge in [-0.15, -0.1) is 0 Å². The van der Waals surface area contributed by atoms with Gasteiger partial charge in [0.2, 0.25) is 5.95 Å². The van der Waals surface area contributed by atoms with Crippen molar-refractivity contribution >= 4 is 29.2 Å². The Labute approximate surface area is 105 Å². The second kappa shape index (κ2) is 6.89. The highest BCUT2D eigenvalue weighted by Gasteiger charge is 2.00. The van der Waals surface area contributed by atoms with Crippen molar-refractivity contribution in [1.29, 1.82) is 0 Å². The standard InChI is InChI=1S/C10H15Cl2N3O/c1-7(2)16-5-3-4-13-10-14-8(11)6-9(12)15-10/h6-7H,3-5H2,1-2H3,(H,13,14,15). The SMILES string of the molecule is CC(C)OCCCNc1nc(Cl)cc(Cl)n1. The second-order valence-corrected chi connectivity index (χ2v) is 4.31. The summed E-state index contributed by atoms with van der Waals surface area (Å²) in [5.41, 5.74) is 0. The smallest absolute Gasteiger partial charge is 0.225 e. The number of nitrogens with one attached hydrogen (secondary N) is 1. The van der Waals surface area contributed by atoms with Gasteiger partial charge in [0.15, 0.2) is 0 Å². The predicted molar refractivity (Wildman–Crippen MR) is 66.2 cm³/mol. The van der Waals surface area contributed by atoms with E-state index in [1.165, 1.54) is 6.07 Å². The van der Waals surface area contributed by atoms with Gasteiger partial charge in [-0.3, -0.25) is 0 Å². The maximum Gasteiger partial charge on any atom is 0.225 e. The molecule has 0 aliphatic heterocycles. The maximum atomic E-state index is 5.73. The van der Waals surface area contributed by atoms with Crippen LogP contribution in [0, 0.1) is 0 Å². The molecule has 1 N–H and O–H groups in total. The average Bonchev–Trinajstić information content (AvgIpc) is 2.15. The molecule has 0 unspecified atom stereocenters. The van der Waals surface area contributed by atoms with Crippen molar-refractivity contribution in [2.24, 2.45) is 0 Å². The van der Waals surface area contributed by atoms with Crippen LogP contribution in [-0.4, -0.2) is 29.2 Å². The minimum atomic E-state index is 0.261. The van der Waals surface area contributed by atoms with E-state index in [-0.39, 0.29) is 6.10 Å². The molecule has 1 heterocycles. The van der Waals surface area contributed by atoms with E-state index < -0.39 is 0 Å². The number of hydrogen-bond acceptors (Lipinski definition) is 4. The molecule has 1 aromatic rings. The molecule has 0 aliphatic carbocycles. The first-order valence-corrected chi connectivity index (χ1v) is 5.89. The minimum Gasteiger partial charge on any atom is -0.379 e. The zero-order chi connectivity index (χ0) is 12.0. The molecule has 0 aliphatic rings. The zero-order valence-corrected chi connectivity index (χ0v) is 10.8. The van der Waals surface area contributed by atoms with Crippen molar-refractivity contribution in [2.45, 2.75) is 26.4 Å². The summed E-state index contributed by atoms with van der Waals surface area (Å²) in [6.45, 7) is 5.45. The fourth-order valence-electron chi connectivity index (χ4n) is 1.06. The third-order valence-electron chi connectivity index (χ3n) is 1.72. The molecule has 90 valence electrons. The quantitative estimate of drug-likeness (QED) is 0.633. The number of hydrogen-bond donors (Lipinski definition) is 1. The highest BCUT2D eigenvalue weighted by molar-refractivity contribution is 6.33. The summed E-state index contributed by atoms with van der Waals surface area (Å²) < 4.78 is 5.39. The topological polar surface area (TPSA) is 47.0 Å². The van der Waals surface area contributed by atoms with Gasteiger partial charge in [-0.1, -0.05) is 23.2 Å². The van der Waals surface area contributed by atoms with Gasteiger partial charge in [-0.05, 0) is 20.3 Å². The monoisotopic (exact) mass is 263 g/mol. The molecular formula is C10H15Cl2N3O. The van der Waals surface area contributed by atoms with Gasteiger partial charge in [0.05, 0.1) is 6.10 Å². The first kappa shape index (κ1) is 13.5. The average molecular weight is 264 g/mol. The van der Waals surface area contributed by atoms with Gasteiger partial charge in [0.1, 0.15) is 10.3 Å². The van der Waals surface area contributed by atoms with Gasteiger partial charge in [0, 0.05) is 19.2 Å². The van der Waals surface area contributed by atoms with Crippen LogP contribution < -0.4 is 5.32 Å². The van der Waals surface area contributed by atoms with Crippen LogP contribution in [0.4, 0.5) is 5.95 Å². The maximum absolute atomic E-state index is 5.73. The first-order chi connectivity index (χ1) is 7.58. The van der Waals surface area contributed by atoms with E-state index in [1.807, 2.05) is 13.8 Å². The lowest BCUT2D eigenvalue weighted by Crippen LogP contribution is -2.10. The Kier molecular flexibility index (Phi) is 5.80. The third kappa shape index (κ3) is 5.49. The molecule has 0 atom stereocenters. The lowest BCUT2D eigenvalue weighted by Gasteiger charge is -2.08. The van der Waals surface area contributed by atoms with Gasteiger partial charge in [-0.2, -0.15) is 0 Å². The van der Waals surface area contributed by atoms with Crippen LogP contribution in [0.25, 0.3) is 0 Å². The van der Waals surface area contributed by atoms with E-state index in [0.29, 0.717) is 22.9 Å². The number of aromatic nitrogens is 2. The van der Waals surface area contributed by atoms with Crippen LogP contribution in [0.5, 0.6) is 0 Å². The fraction of sp³-hybridized carbons (Fsp3) is 0.600. The molecule has 0 saturated carbocycles. The molecule has 1 aromatic heterocycles. The molecule has 0 spiro atoms. The Morgan fingerprint density at radius 3 is 2.50 bits per heavy atom. The molecule has 4 nitrogen and oxygen atoms in total. The van der Waals surface area contributed by atoms with Crippen LogP contribution in [-0.2, 0) is 4.74 Å². The molecule has 6 heteroatoms. The van der Waals surface area contributed by atoms with E-state index in [1.54, 1.807) is 0 Å². The fourth-order valence-corrected chi connectivity index (χ4v) is 1.48. The van der Waals surface area contributed by atoms with Gasteiger partial charge in [0.25, 0.3) is 0 Å². The van der Waals surface area contributed by atoms with Crippen molar-refractivity contribution < 1.29 is 4.74 Å². The van der Waals surface area contributed by atoms with E-state index >= 15 is 0 Å². The van der Waals surface area contributed by atoms with E-state index in [9.17, 15) is 0 Å². The molecular weight excluding hydrogens is 249 g/mol. The van der Waals surface area contributed by atoms with Crippen molar-refractivity contribution in [2.75, 3.05) is 18.5 Å². The van der Waals surface area contributed by atoms with E-state index in [2.05, 4.69) is 15.3 Å². The number of anilines is 1. The van der Waals surface area contributed by atoms with Crippen LogP contribution in [0.2, 0.25) is 10.3 Å². The lowest BCUT2D eigenvalue weighted by atomic mass is 10.4. The van der Waals surface area contributed by atoms with Crippen LogP contribution in [0.15, 0.2) is 6.07 Å². The van der Waals surface area contributed by atoms with Crippen molar-refractivity contribution in [3.05, 3.63) is 16.4 Å². The highest BCUT2D eigenvalue weighted by atomic mass is 35.5. The van der Waals surface area contributed by atoms with Gasteiger partial charge >= 0.3 is 0 Å². The largest absolute Gasteiger partial charge is 0.379 e. The summed E-state index contributed by atoms with van der Waals surface area (Å²) in [6, 6.07) is 1.50. The number of ether oxygens (including phenoxy) is 1. The van der Waals surface area contributed by atoms with E-state index in [4.69, 9.17) is 27.9 Å². The highest BCUT2D eigenvalue weighted by Crippen LogP contribution is 2.13. The number of halogens is 2. The van der Waals surface area contributed by atoms with Gasteiger partial charge in [-0.25, -0.2) is 9.97 Å². The number of rotatable bonds is 6. The second-order valence-electron chi connectivity index (χ2n) is 3.54. The van der Waals surface area contributed by atoms with Crippen molar-refractivity contribution in [3.63, 3.8) is 0 Å². The van der Waals surface area contributed by atoms with Crippen LogP contribution >= 0.6 is 23.2 Å². The molecule has 0 aromatic carbocycles. The normalized spacial score (nSPS) is 10.8. The van der Waals surface area contributed by atoms with E-state index in [0.717, 1.165) is 13.0 Å². The molecule has 0 radical (unpaired) electrons. The van der Waals surface area contributed by atoms with Gasteiger partial charge < -0.3 is 10.1 Å². The van der Waals surface area contributed by atoms with Crippen LogP contribution in [0.1, 0.15) is 20.3 Å². The third-order valence-corrected chi connectivity index (χ3v) is 2.11. The lowest BCUT2D eigenvalue weighted by molar-refractivity contribution is 0.0787. The summed E-state index contributed by atoms with van der Waals surface area (Å²) >= 11 is 11.5. The Bertz CT molecular complexity index is 314. The molecule has 1 rings (SSSR count). The van der Waals surface area contributed by atoms with Crippen molar-refractivity contribution in [1.82, 2.24) is 9.97 Å². The van der Waals surface area contributed by atoms with Crippen LogP contribution in [0.3, 0.4) is 0 Å². The Morgan fingerprint density at radius 1 is 1.31 bits per heavy atom. The first-order valence-electron chi connectivity index (χ1n) is 5.13. The Morgan fingerprint density at radius 2 is 1.94 bits per heavy atom. The predicted octanol–water partition coefficient (Wildman–Crippen LogP) is 3.01. The summed E-state index contributed by atoms with van der Waals surface area (Å²) in [7, 11) is 0. The summed E-state index contributed by atoms with van der Waals surface area (Å²) in [6.07, 6.45) is 1.14. The molecule has 16 heavy (non-hydrogen) atoms. The summed E-state index contributed by atoms with van der Waals surface area (Å²) in [4.78, 5) is 7.97. The van der Waals surface area contributed by atoms with Crippen molar-refractivity contribution in [3.8, 4) is 0 Å². The zero-order valence-electron chi connectivity index (χ0n) is 9.33. The Hall–Kier alpha value is -0.580. The molecule has 0 amide bonds. The summed E-state index contributed by atoms with van der Waals surface area (Å²) in [5, 5.41) is 3.70. The summed E-state index contributed by atoms with van der Waals surface area (Å²) in [5.74, 6) is 0.446. The minimum absolute atomic E-state index is 0.261.